The van der Waals surface area contributed by atoms with Crippen molar-refractivity contribution < 1.29 is 51.4 Å². The number of aromatic nitrogens is 4. The smallest absolute Gasteiger partial charge is 0.427 e. The molecule has 2 unspecified atom stereocenters. The minimum atomic E-state index is -3.46. The van der Waals surface area contributed by atoms with Crippen LogP contribution in [-0.2, 0) is 32.2 Å². The van der Waals surface area contributed by atoms with Gasteiger partial charge in [0.25, 0.3) is 0 Å². The summed E-state index contributed by atoms with van der Waals surface area (Å²) in [7, 11) is -3.85. The van der Waals surface area contributed by atoms with E-state index < -0.39 is 57.6 Å². The van der Waals surface area contributed by atoms with Gasteiger partial charge in [0.1, 0.15) is 23.9 Å². The molecule has 0 saturated heterocycles. The van der Waals surface area contributed by atoms with Crippen molar-refractivity contribution in [2.24, 2.45) is 11.3 Å². The Labute approximate surface area is 285 Å². The third-order valence-electron chi connectivity index (χ3n) is 6.13. The summed E-state index contributed by atoms with van der Waals surface area (Å²) < 4.78 is 53.9. The number of carbonyl (C=O) groups excluding carboxylic acids is 2. The first-order valence-corrected chi connectivity index (χ1v) is 20.4. The van der Waals surface area contributed by atoms with Crippen molar-refractivity contribution in [3.8, 4) is 5.88 Å². The van der Waals surface area contributed by atoms with Crippen molar-refractivity contribution >= 4 is 45.9 Å². The van der Waals surface area contributed by atoms with Crippen LogP contribution in [0, 0.1) is 11.3 Å². The molecule has 0 fully saturated rings. The van der Waals surface area contributed by atoms with E-state index in [1.54, 1.807) is 55.4 Å². The summed E-state index contributed by atoms with van der Waals surface area (Å²) in [5.41, 5.74) is -2.09. The van der Waals surface area contributed by atoms with E-state index in [-0.39, 0.29) is 49.2 Å². The van der Waals surface area contributed by atoms with Gasteiger partial charge < -0.3 is 37.3 Å². The van der Waals surface area contributed by atoms with E-state index >= 15 is 0 Å². The third-order valence-corrected chi connectivity index (χ3v) is 8.75. The van der Waals surface area contributed by atoms with Gasteiger partial charge in [-0.15, -0.1) is 9.63 Å². The number of fused-ring (bicyclic) bond motifs is 1. The predicted molar refractivity (Wildman–Crippen MR) is 182 cm³/mol. The molecular weight excluding hydrogens is 665 g/mol. The molecule has 2 rings (SSSR count). The largest absolute Gasteiger partial charge is 0.479 e. The van der Waals surface area contributed by atoms with Crippen LogP contribution in [0.3, 0.4) is 0 Å². The molecule has 0 aliphatic heterocycles. The molecule has 0 N–H and O–H groups in total. The molecule has 0 saturated carbocycles. The van der Waals surface area contributed by atoms with E-state index in [2.05, 4.69) is 15.0 Å². The summed E-state index contributed by atoms with van der Waals surface area (Å²) in [4.78, 5) is 46.9. The molecule has 16 nitrogen and oxygen atoms in total. The molecule has 2 aromatic heterocycles. The first-order chi connectivity index (χ1) is 22.0. The SMILES string of the molecule is CCOP(=O)(COCC(C(On1cnc2c(OC)nc(N(C(=O)OC(C)(C)C)C(=O)OC(C)(C)C)nc21)O[SiH](C)C)C(C)(C)C)OCC. The quantitative estimate of drug-likeness (QED) is 0.116. The number of nitrogens with zero attached hydrogens (tertiary/aromatic N) is 5. The predicted octanol–water partition coefficient (Wildman–Crippen LogP) is 6.17. The van der Waals surface area contributed by atoms with Crippen LogP contribution in [0.25, 0.3) is 11.2 Å². The number of methoxy groups -OCH3 is 1. The van der Waals surface area contributed by atoms with Crippen LogP contribution in [0.1, 0.15) is 76.2 Å². The maximum absolute atomic E-state index is 13.4. The molecule has 2 atom stereocenters. The molecule has 0 aliphatic rings. The summed E-state index contributed by atoms with van der Waals surface area (Å²) in [5.74, 6) is -0.838. The number of imidazole rings is 1. The molecule has 2 aromatic rings. The molecule has 0 bridgehead atoms. The Morgan fingerprint density at radius 1 is 0.938 bits per heavy atom. The molecule has 0 aromatic carbocycles. The van der Waals surface area contributed by atoms with Gasteiger partial charge in [0.15, 0.2) is 14.6 Å². The highest BCUT2D eigenvalue weighted by atomic mass is 31.2. The van der Waals surface area contributed by atoms with Gasteiger partial charge in [-0.1, -0.05) is 20.8 Å². The zero-order valence-corrected chi connectivity index (χ0v) is 32.9. The zero-order chi connectivity index (χ0) is 36.7. The molecule has 18 heteroatoms. The summed E-state index contributed by atoms with van der Waals surface area (Å²) in [6.07, 6.45) is -1.91. The van der Waals surface area contributed by atoms with Crippen molar-refractivity contribution in [3.05, 3.63) is 6.33 Å². The Bertz CT molecular complexity index is 1380. The number of hydrogen-bond donors (Lipinski definition) is 0. The number of anilines is 1. The van der Waals surface area contributed by atoms with Gasteiger partial charge in [0, 0.05) is 0 Å². The topological polar surface area (TPSA) is 172 Å². The van der Waals surface area contributed by atoms with Gasteiger partial charge in [0.05, 0.1) is 32.8 Å². The Hall–Kier alpha value is -2.82. The standard InChI is InChI=1S/C30H54N5O11PSi/c1-15-41-47(38,42-16-2)19-40-17-20(28(3,4)5)24(46-48(13)14)45-34-18-31-21-22(34)32-25(33-23(21)39-12)35(26(36)43-29(6,7)8)27(37)44-30(9,10)11/h18,20,24,48H,15-17,19H2,1-14H3. The van der Waals surface area contributed by atoms with Gasteiger partial charge in [-0.05, 0) is 73.9 Å². The monoisotopic (exact) mass is 719 g/mol. The molecule has 0 radical (unpaired) electrons. The number of carbonyl (C=O) groups is 2. The second-order valence-corrected chi connectivity index (χ2v) is 18.5. The Balaban J connectivity index is 2.62. The first kappa shape index (κ1) is 41.3. The molecule has 2 amide bonds. The van der Waals surface area contributed by atoms with Gasteiger partial charge in [-0.3, -0.25) is 4.57 Å². The van der Waals surface area contributed by atoms with Crippen molar-refractivity contribution in [3.63, 3.8) is 0 Å². The lowest BCUT2D eigenvalue weighted by Gasteiger charge is -2.37. The average Bonchev–Trinajstić information content (AvgIpc) is 3.30. The van der Waals surface area contributed by atoms with Crippen molar-refractivity contribution in [2.45, 2.75) is 107 Å². The first-order valence-electron chi connectivity index (χ1n) is 15.9. The highest BCUT2D eigenvalue weighted by molar-refractivity contribution is 7.53. The van der Waals surface area contributed by atoms with Crippen molar-refractivity contribution in [1.82, 2.24) is 19.7 Å². The fourth-order valence-electron chi connectivity index (χ4n) is 4.12. The lowest BCUT2D eigenvalue weighted by molar-refractivity contribution is -0.157. The number of imide groups is 1. The zero-order valence-electron chi connectivity index (χ0n) is 30.8. The van der Waals surface area contributed by atoms with Crippen LogP contribution in [0.2, 0.25) is 13.1 Å². The van der Waals surface area contributed by atoms with Gasteiger partial charge >= 0.3 is 19.8 Å². The molecule has 2 heterocycles. The van der Waals surface area contributed by atoms with Gasteiger partial charge in [0.2, 0.25) is 23.8 Å². The average molecular weight is 720 g/mol. The number of hydrogen-bond acceptors (Lipinski definition) is 14. The fraction of sp³-hybridized carbons (Fsp3) is 0.767. The van der Waals surface area contributed by atoms with Gasteiger partial charge in [-0.2, -0.15) is 9.97 Å². The normalized spacial score (nSPS) is 14.1. The second kappa shape index (κ2) is 16.7. The second-order valence-electron chi connectivity index (χ2n) is 14.1. The van der Waals surface area contributed by atoms with Crippen LogP contribution in [0.15, 0.2) is 6.33 Å². The lowest BCUT2D eigenvalue weighted by Crippen LogP contribution is -2.46. The van der Waals surface area contributed by atoms with Crippen molar-refractivity contribution in [2.75, 3.05) is 38.2 Å². The summed E-state index contributed by atoms with van der Waals surface area (Å²) in [6.45, 7) is 23.9. The maximum atomic E-state index is 13.4. The Kier molecular flexibility index (Phi) is 14.4. The molecule has 0 aliphatic carbocycles. The highest BCUT2D eigenvalue weighted by Gasteiger charge is 2.39. The Morgan fingerprint density at radius 3 is 1.92 bits per heavy atom. The van der Waals surface area contributed by atoms with E-state index in [0.29, 0.717) is 4.90 Å². The molecule has 48 heavy (non-hydrogen) atoms. The minimum absolute atomic E-state index is 0.0384. The highest BCUT2D eigenvalue weighted by Crippen LogP contribution is 2.48. The fourth-order valence-corrected chi connectivity index (χ4v) is 6.24. The third kappa shape index (κ3) is 12.3. The van der Waals surface area contributed by atoms with Crippen LogP contribution < -0.4 is 14.5 Å². The molecule has 274 valence electrons. The van der Waals surface area contributed by atoms with E-state index in [0.717, 1.165) is 0 Å². The maximum Gasteiger partial charge on any atom is 0.427 e. The number of ether oxygens (including phenoxy) is 4. The van der Waals surface area contributed by atoms with Crippen molar-refractivity contribution in [1.29, 1.82) is 0 Å². The summed E-state index contributed by atoms with van der Waals surface area (Å²) in [5, 5.41) is 0. The summed E-state index contributed by atoms with van der Waals surface area (Å²) in [6, 6.07) is 0. The van der Waals surface area contributed by atoms with E-state index in [1.165, 1.54) is 18.2 Å². The molecule has 0 spiro atoms. The van der Waals surface area contributed by atoms with E-state index in [9.17, 15) is 14.2 Å². The number of rotatable bonds is 15. The van der Waals surface area contributed by atoms with Crippen LogP contribution in [0.4, 0.5) is 15.5 Å². The summed E-state index contributed by atoms with van der Waals surface area (Å²) >= 11 is 0. The van der Waals surface area contributed by atoms with Crippen LogP contribution in [-0.4, -0.2) is 91.7 Å². The molecular formula is C30H54N5O11PSi. The van der Waals surface area contributed by atoms with Crippen LogP contribution >= 0.6 is 7.60 Å². The minimum Gasteiger partial charge on any atom is -0.479 e. The number of amides is 2. The van der Waals surface area contributed by atoms with Crippen LogP contribution in [0.5, 0.6) is 5.88 Å². The van der Waals surface area contributed by atoms with Gasteiger partial charge in [-0.25, -0.2) is 14.6 Å². The van der Waals surface area contributed by atoms with E-state index in [1.807, 2.05) is 33.9 Å². The Morgan fingerprint density at radius 2 is 1.48 bits per heavy atom. The lowest BCUT2D eigenvalue weighted by atomic mass is 9.81. The van der Waals surface area contributed by atoms with E-state index in [4.69, 9.17) is 37.3 Å².